The van der Waals surface area contributed by atoms with Crippen LogP contribution in [0.5, 0.6) is 0 Å². The zero-order valence-corrected chi connectivity index (χ0v) is 7.40. The molecule has 4 atom stereocenters. The summed E-state index contributed by atoms with van der Waals surface area (Å²) in [7, 11) is 0. The summed E-state index contributed by atoms with van der Waals surface area (Å²) in [5, 5.41) is 28.5. The maximum absolute atomic E-state index is 9.65. The Hall–Kier alpha value is -0.160. The van der Waals surface area contributed by atoms with E-state index in [1.54, 1.807) is 13.8 Å². The molecule has 1 aliphatic heterocycles. The van der Waals surface area contributed by atoms with Gasteiger partial charge in [-0.25, -0.2) is 0 Å². The Morgan fingerprint density at radius 1 is 1.58 bits per heavy atom. The Balaban J connectivity index is 0.00000144. The third kappa shape index (κ3) is 1.47. The molecule has 0 bridgehead atoms. The second-order valence-corrected chi connectivity index (χ2v) is 3.38. The lowest BCUT2D eigenvalue weighted by Gasteiger charge is -2.42. The van der Waals surface area contributed by atoms with E-state index < -0.39 is 18.0 Å². The average Bonchev–Trinajstić information content (AvgIpc) is 2.09. The number of hydrogen-bond acceptors (Lipinski definition) is 4. The third-order valence-corrected chi connectivity index (χ3v) is 2.58. The Morgan fingerprint density at radius 3 is 2.67 bits per heavy atom. The minimum atomic E-state index is -1.47. The van der Waals surface area contributed by atoms with Gasteiger partial charge in [0.25, 0.3) is 0 Å². The van der Waals surface area contributed by atoms with Crippen LogP contribution in [-0.4, -0.2) is 39.9 Å². The van der Waals surface area contributed by atoms with E-state index in [1.165, 1.54) is 0 Å². The van der Waals surface area contributed by atoms with E-state index in [1.807, 2.05) is 0 Å². The van der Waals surface area contributed by atoms with E-state index in [-0.39, 0.29) is 14.0 Å². The number of hydrogen-bond donors (Lipinski definition) is 3. The fourth-order valence-corrected chi connectivity index (χ4v) is 1.40. The molecule has 12 heavy (non-hydrogen) atoms. The molecule has 1 unspecified atom stereocenters. The standard InChI is InChI=1S/C8H16O4.H2/c1-3-8(11)7(10)5(2)6(9)4-12-8;/h5-7,9-11H,3-4H2,1-2H3;1H/t5?,6-,7-,8+;/m1./s1. The van der Waals surface area contributed by atoms with Gasteiger partial charge in [0.2, 0.25) is 0 Å². The van der Waals surface area contributed by atoms with Gasteiger partial charge in [0.1, 0.15) is 6.10 Å². The molecular formula is C8H18O4. The largest absolute Gasteiger partial charge is 0.390 e. The molecule has 1 saturated heterocycles. The van der Waals surface area contributed by atoms with Gasteiger partial charge in [-0.2, -0.15) is 0 Å². The topological polar surface area (TPSA) is 69.9 Å². The quantitative estimate of drug-likeness (QED) is 0.516. The van der Waals surface area contributed by atoms with Crippen molar-refractivity contribution in [1.29, 1.82) is 0 Å². The van der Waals surface area contributed by atoms with Crippen LogP contribution in [0.1, 0.15) is 21.7 Å². The SMILES string of the molecule is CC[C@]1(O)OC[C@@H](O)C(C)[C@H]1O.[HH]. The Bertz CT molecular complexity index is 166. The van der Waals surface area contributed by atoms with Crippen molar-refractivity contribution in [2.24, 2.45) is 5.92 Å². The van der Waals surface area contributed by atoms with Crippen molar-refractivity contribution in [3.8, 4) is 0 Å². The van der Waals surface area contributed by atoms with Crippen molar-refractivity contribution in [3.05, 3.63) is 0 Å². The first-order valence-electron chi connectivity index (χ1n) is 4.23. The lowest BCUT2D eigenvalue weighted by atomic mass is 9.88. The highest BCUT2D eigenvalue weighted by atomic mass is 16.6. The molecule has 1 heterocycles. The summed E-state index contributed by atoms with van der Waals surface area (Å²) < 4.78 is 4.97. The maximum Gasteiger partial charge on any atom is 0.192 e. The van der Waals surface area contributed by atoms with Crippen LogP contribution >= 0.6 is 0 Å². The van der Waals surface area contributed by atoms with E-state index in [4.69, 9.17) is 4.74 Å². The van der Waals surface area contributed by atoms with Crippen molar-refractivity contribution in [2.45, 2.75) is 38.3 Å². The summed E-state index contributed by atoms with van der Waals surface area (Å²) in [5.74, 6) is -1.82. The van der Waals surface area contributed by atoms with Gasteiger partial charge in [-0.15, -0.1) is 0 Å². The molecule has 4 heteroatoms. The molecule has 0 aromatic heterocycles. The number of rotatable bonds is 1. The zero-order chi connectivity index (χ0) is 9.35. The van der Waals surface area contributed by atoms with Gasteiger partial charge >= 0.3 is 0 Å². The molecule has 4 nitrogen and oxygen atoms in total. The van der Waals surface area contributed by atoms with E-state index in [0.29, 0.717) is 6.42 Å². The molecule has 0 aromatic rings. The molecule has 3 N–H and O–H groups in total. The van der Waals surface area contributed by atoms with Crippen LogP contribution in [0, 0.1) is 5.92 Å². The van der Waals surface area contributed by atoms with Crippen molar-refractivity contribution >= 4 is 0 Å². The summed E-state index contributed by atoms with van der Waals surface area (Å²) >= 11 is 0. The van der Waals surface area contributed by atoms with Crippen LogP contribution in [0.25, 0.3) is 0 Å². The summed E-state index contributed by atoms with van der Waals surface area (Å²) in [6, 6.07) is 0. The molecular weight excluding hydrogens is 160 g/mol. The highest BCUT2D eigenvalue weighted by molar-refractivity contribution is 4.88. The summed E-state index contributed by atoms with van der Waals surface area (Å²) in [5.41, 5.74) is 0. The predicted molar refractivity (Wildman–Crippen MR) is 44.5 cm³/mol. The third-order valence-electron chi connectivity index (χ3n) is 2.58. The van der Waals surface area contributed by atoms with Crippen LogP contribution in [0.4, 0.5) is 0 Å². The van der Waals surface area contributed by atoms with E-state index in [9.17, 15) is 15.3 Å². The van der Waals surface area contributed by atoms with Crippen molar-refractivity contribution < 1.29 is 21.5 Å². The van der Waals surface area contributed by atoms with Gasteiger partial charge in [-0.3, -0.25) is 0 Å². The normalized spacial score (nSPS) is 49.2. The Morgan fingerprint density at radius 2 is 2.17 bits per heavy atom. The van der Waals surface area contributed by atoms with Crippen molar-refractivity contribution in [1.82, 2.24) is 0 Å². The smallest absolute Gasteiger partial charge is 0.192 e. The second kappa shape index (κ2) is 3.30. The van der Waals surface area contributed by atoms with Crippen LogP contribution in [0.3, 0.4) is 0 Å². The Kier molecular flexibility index (Phi) is 2.73. The molecule has 74 valence electrons. The zero-order valence-electron chi connectivity index (χ0n) is 7.40. The van der Waals surface area contributed by atoms with E-state index in [2.05, 4.69) is 0 Å². The van der Waals surface area contributed by atoms with Crippen LogP contribution < -0.4 is 0 Å². The summed E-state index contributed by atoms with van der Waals surface area (Å²) in [6.07, 6.45) is -1.37. The predicted octanol–water partition coefficient (Wildman–Crippen LogP) is -0.281. The van der Waals surface area contributed by atoms with E-state index >= 15 is 0 Å². The monoisotopic (exact) mass is 178 g/mol. The number of aliphatic hydroxyl groups is 3. The lowest BCUT2D eigenvalue weighted by molar-refractivity contribution is -0.310. The fourth-order valence-electron chi connectivity index (χ4n) is 1.40. The molecule has 0 saturated carbocycles. The Labute approximate surface area is 73.3 Å². The van der Waals surface area contributed by atoms with Gasteiger partial charge in [0.15, 0.2) is 5.79 Å². The summed E-state index contributed by atoms with van der Waals surface area (Å²) in [4.78, 5) is 0. The first-order chi connectivity index (χ1) is 5.51. The first kappa shape index (κ1) is 9.92. The number of aliphatic hydroxyl groups excluding tert-OH is 2. The first-order valence-corrected chi connectivity index (χ1v) is 4.23. The highest BCUT2D eigenvalue weighted by Crippen LogP contribution is 2.29. The van der Waals surface area contributed by atoms with Crippen LogP contribution in [-0.2, 0) is 4.74 Å². The maximum atomic E-state index is 9.65. The molecule has 0 aromatic carbocycles. The van der Waals surface area contributed by atoms with E-state index in [0.717, 1.165) is 0 Å². The molecule has 1 aliphatic rings. The highest BCUT2D eigenvalue weighted by Gasteiger charge is 2.45. The molecule has 0 spiro atoms. The molecule has 1 rings (SSSR count). The number of ether oxygens (including phenoxy) is 1. The summed E-state index contributed by atoms with van der Waals surface area (Å²) in [6.45, 7) is 3.51. The fraction of sp³-hybridized carbons (Fsp3) is 1.00. The van der Waals surface area contributed by atoms with Crippen LogP contribution in [0.2, 0.25) is 0 Å². The van der Waals surface area contributed by atoms with Crippen LogP contribution in [0.15, 0.2) is 0 Å². The molecule has 1 fully saturated rings. The minimum Gasteiger partial charge on any atom is -0.390 e. The van der Waals surface area contributed by atoms with Gasteiger partial charge in [-0.1, -0.05) is 13.8 Å². The van der Waals surface area contributed by atoms with Gasteiger partial charge in [-0.05, 0) is 0 Å². The second-order valence-electron chi connectivity index (χ2n) is 3.38. The van der Waals surface area contributed by atoms with Crippen molar-refractivity contribution in [2.75, 3.05) is 6.61 Å². The van der Waals surface area contributed by atoms with Gasteiger partial charge < -0.3 is 20.1 Å². The molecule has 0 aliphatic carbocycles. The van der Waals surface area contributed by atoms with Gasteiger partial charge in [0.05, 0.1) is 12.7 Å². The molecule has 0 radical (unpaired) electrons. The van der Waals surface area contributed by atoms with Crippen molar-refractivity contribution in [3.63, 3.8) is 0 Å². The molecule has 0 amide bonds. The lowest BCUT2D eigenvalue weighted by Crippen LogP contribution is -2.56. The minimum absolute atomic E-state index is 0. The average molecular weight is 178 g/mol. The van der Waals surface area contributed by atoms with Gasteiger partial charge in [0, 0.05) is 13.8 Å².